The number of allylic oxidation sites excluding steroid dienone is 1. The first-order valence-electron chi connectivity index (χ1n) is 8.89. The van der Waals surface area contributed by atoms with Crippen molar-refractivity contribution >= 4 is 11.9 Å². The molecular weight excluding hydrogens is 358 g/mol. The van der Waals surface area contributed by atoms with Crippen molar-refractivity contribution in [1.82, 2.24) is 4.90 Å². The molecule has 0 aliphatic heterocycles. The lowest BCUT2D eigenvalue weighted by Crippen LogP contribution is -2.19. The number of ether oxygens (including phenoxy) is 4. The third-order valence-electron chi connectivity index (χ3n) is 4.07. The lowest BCUT2D eigenvalue weighted by Gasteiger charge is -2.14. The first-order valence-corrected chi connectivity index (χ1v) is 8.89. The van der Waals surface area contributed by atoms with Crippen LogP contribution in [0.1, 0.15) is 15.9 Å². The first kappa shape index (κ1) is 21.3. The fraction of sp³-hybridized carbons (Fsp3) is 0.318. The van der Waals surface area contributed by atoms with Crippen LogP contribution in [0.15, 0.2) is 42.5 Å². The maximum atomic E-state index is 12.6. The van der Waals surface area contributed by atoms with Gasteiger partial charge in [0, 0.05) is 17.7 Å². The van der Waals surface area contributed by atoms with Crippen LogP contribution in [0.3, 0.4) is 0 Å². The number of carbonyl (C=O) groups is 1. The van der Waals surface area contributed by atoms with Gasteiger partial charge in [-0.05, 0) is 50.5 Å². The number of hydrogen-bond donors (Lipinski definition) is 0. The summed E-state index contributed by atoms with van der Waals surface area (Å²) in [6, 6.07) is 10.7. The smallest absolute Gasteiger partial charge is 0.203 e. The molecule has 6 heteroatoms. The lowest BCUT2D eigenvalue weighted by molar-refractivity contribution is 0.104. The Bertz CT molecular complexity index is 830. The Hall–Kier alpha value is -2.99. The van der Waals surface area contributed by atoms with Gasteiger partial charge in [-0.15, -0.1) is 0 Å². The first-order chi connectivity index (χ1) is 13.5. The minimum atomic E-state index is -0.130. The zero-order valence-electron chi connectivity index (χ0n) is 17.0. The van der Waals surface area contributed by atoms with Gasteiger partial charge in [-0.2, -0.15) is 0 Å². The molecule has 28 heavy (non-hydrogen) atoms. The molecule has 0 aliphatic rings. The lowest BCUT2D eigenvalue weighted by atomic mass is 10.1. The van der Waals surface area contributed by atoms with Crippen molar-refractivity contribution in [3.63, 3.8) is 0 Å². The van der Waals surface area contributed by atoms with Crippen LogP contribution in [0.25, 0.3) is 6.08 Å². The average molecular weight is 385 g/mol. The van der Waals surface area contributed by atoms with Crippen molar-refractivity contribution in [3.05, 3.63) is 53.6 Å². The molecule has 0 atom stereocenters. The number of nitrogens with zero attached hydrogens (tertiary/aromatic N) is 1. The van der Waals surface area contributed by atoms with E-state index in [1.54, 1.807) is 45.6 Å². The molecule has 0 aliphatic carbocycles. The van der Waals surface area contributed by atoms with Gasteiger partial charge >= 0.3 is 0 Å². The molecule has 0 heterocycles. The molecule has 0 spiro atoms. The van der Waals surface area contributed by atoms with E-state index < -0.39 is 0 Å². The Morgan fingerprint density at radius 1 is 1.00 bits per heavy atom. The predicted octanol–water partition coefficient (Wildman–Crippen LogP) is 3.55. The van der Waals surface area contributed by atoms with Crippen molar-refractivity contribution in [1.29, 1.82) is 0 Å². The van der Waals surface area contributed by atoms with Crippen LogP contribution < -0.4 is 18.9 Å². The topological polar surface area (TPSA) is 57.2 Å². The van der Waals surface area contributed by atoms with Crippen LogP contribution in [0, 0.1) is 0 Å². The zero-order valence-corrected chi connectivity index (χ0v) is 17.0. The summed E-state index contributed by atoms with van der Waals surface area (Å²) in [7, 11) is 8.61. The standard InChI is InChI=1S/C22H27NO5/c1-23(2)13-14-28-18-8-6-7-17(15-18)19(24)11-9-16-10-12-20(25-3)22(27-5)21(16)26-4/h6-12,15H,13-14H2,1-5H3/b11-9+. The normalized spacial score (nSPS) is 10.9. The zero-order chi connectivity index (χ0) is 20.5. The minimum absolute atomic E-state index is 0.130. The SMILES string of the molecule is COc1ccc(/C=C/C(=O)c2cccc(OCCN(C)C)c2)c(OC)c1OC. The number of hydrogen-bond acceptors (Lipinski definition) is 6. The second-order valence-corrected chi connectivity index (χ2v) is 6.30. The number of carbonyl (C=O) groups excluding carboxylic acids is 1. The third kappa shape index (κ3) is 5.50. The molecule has 0 saturated carbocycles. The van der Waals surface area contributed by atoms with E-state index in [0.717, 1.165) is 6.54 Å². The Kier molecular flexibility index (Phi) is 7.89. The molecule has 0 unspecified atom stereocenters. The van der Waals surface area contributed by atoms with Crippen LogP contribution in [0.4, 0.5) is 0 Å². The summed E-state index contributed by atoms with van der Waals surface area (Å²) >= 11 is 0. The van der Waals surface area contributed by atoms with Gasteiger partial charge in [0.1, 0.15) is 12.4 Å². The molecule has 2 aromatic rings. The van der Waals surface area contributed by atoms with E-state index >= 15 is 0 Å². The fourth-order valence-electron chi connectivity index (χ4n) is 2.60. The van der Waals surface area contributed by atoms with Gasteiger partial charge in [0.05, 0.1) is 21.3 Å². The van der Waals surface area contributed by atoms with E-state index in [9.17, 15) is 4.79 Å². The summed E-state index contributed by atoms with van der Waals surface area (Å²) in [5.74, 6) is 2.09. The number of likely N-dealkylation sites (N-methyl/N-ethyl adjacent to an activating group) is 1. The van der Waals surface area contributed by atoms with Gasteiger partial charge in [0.25, 0.3) is 0 Å². The van der Waals surface area contributed by atoms with Crippen LogP contribution >= 0.6 is 0 Å². The van der Waals surface area contributed by atoms with Crippen molar-refractivity contribution in [2.24, 2.45) is 0 Å². The maximum Gasteiger partial charge on any atom is 0.203 e. The number of benzene rings is 2. The maximum absolute atomic E-state index is 12.6. The van der Waals surface area contributed by atoms with Gasteiger partial charge in [-0.1, -0.05) is 12.1 Å². The van der Waals surface area contributed by atoms with E-state index in [2.05, 4.69) is 0 Å². The molecule has 2 rings (SSSR count). The van der Waals surface area contributed by atoms with Gasteiger partial charge in [0.2, 0.25) is 5.75 Å². The van der Waals surface area contributed by atoms with Crippen LogP contribution in [0.2, 0.25) is 0 Å². The van der Waals surface area contributed by atoms with Gasteiger partial charge in [-0.3, -0.25) is 4.79 Å². The molecule has 0 saturated heterocycles. The van der Waals surface area contributed by atoms with Crippen molar-refractivity contribution < 1.29 is 23.7 Å². The number of methoxy groups -OCH3 is 3. The van der Waals surface area contributed by atoms with E-state index in [-0.39, 0.29) is 5.78 Å². The van der Waals surface area contributed by atoms with Crippen LogP contribution in [-0.4, -0.2) is 59.3 Å². The molecule has 6 nitrogen and oxygen atoms in total. The summed E-state index contributed by atoms with van der Waals surface area (Å²) in [6.07, 6.45) is 3.20. The number of ketones is 1. The highest BCUT2D eigenvalue weighted by molar-refractivity contribution is 6.07. The van der Waals surface area contributed by atoms with E-state index in [1.165, 1.54) is 6.08 Å². The molecule has 0 radical (unpaired) electrons. The molecule has 0 fully saturated rings. The third-order valence-corrected chi connectivity index (χ3v) is 4.07. The Morgan fingerprint density at radius 2 is 1.75 bits per heavy atom. The van der Waals surface area contributed by atoms with Crippen molar-refractivity contribution in [3.8, 4) is 23.0 Å². The molecule has 0 amide bonds. The fourth-order valence-corrected chi connectivity index (χ4v) is 2.60. The quantitative estimate of drug-likeness (QED) is 0.461. The summed E-state index contributed by atoms with van der Waals surface area (Å²) in [5, 5.41) is 0. The van der Waals surface area contributed by atoms with E-state index in [1.807, 2.05) is 37.2 Å². The van der Waals surface area contributed by atoms with E-state index in [4.69, 9.17) is 18.9 Å². The summed E-state index contributed by atoms with van der Waals surface area (Å²) in [4.78, 5) is 14.6. The van der Waals surface area contributed by atoms with Gasteiger partial charge in [0.15, 0.2) is 17.3 Å². The van der Waals surface area contributed by atoms with Crippen molar-refractivity contribution in [2.45, 2.75) is 0 Å². The number of rotatable bonds is 10. The molecule has 150 valence electrons. The molecular formula is C22H27NO5. The van der Waals surface area contributed by atoms with Crippen molar-refractivity contribution in [2.75, 3.05) is 48.6 Å². The molecule has 2 aromatic carbocycles. The highest BCUT2D eigenvalue weighted by Gasteiger charge is 2.14. The summed E-state index contributed by atoms with van der Waals surface area (Å²) < 4.78 is 21.8. The molecule has 0 bridgehead atoms. The average Bonchev–Trinajstić information content (AvgIpc) is 2.70. The Labute approximate surface area is 166 Å². The predicted molar refractivity (Wildman–Crippen MR) is 110 cm³/mol. The monoisotopic (exact) mass is 385 g/mol. The summed E-state index contributed by atoms with van der Waals surface area (Å²) in [6.45, 7) is 1.36. The molecule has 0 N–H and O–H groups in total. The second-order valence-electron chi connectivity index (χ2n) is 6.30. The van der Waals surface area contributed by atoms with Crippen LogP contribution in [-0.2, 0) is 0 Å². The van der Waals surface area contributed by atoms with Gasteiger partial charge < -0.3 is 23.8 Å². The van der Waals surface area contributed by atoms with Gasteiger partial charge in [-0.25, -0.2) is 0 Å². The van der Waals surface area contributed by atoms with E-state index in [0.29, 0.717) is 40.7 Å². The molecule has 0 aromatic heterocycles. The largest absolute Gasteiger partial charge is 0.493 e. The highest BCUT2D eigenvalue weighted by Crippen LogP contribution is 2.40. The minimum Gasteiger partial charge on any atom is -0.493 e. The highest BCUT2D eigenvalue weighted by atomic mass is 16.5. The van der Waals surface area contributed by atoms with Crippen LogP contribution in [0.5, 0.6) is 23.0 Å². The second kappa shape index (κ2) is 10.4. The summed E-state index contributed by atoms with van der Waals surface area (Å²) in [5.41, 5.74) is 1.27. The Morgan fingerprint density at radius 3 is 2.39 bits per heavy atom. The Balaban J connectivity index is 2.18.